The zero-order valence-electron chi connectivity index (χ0n) is 11.0. The van der Waals surface area contributed by atoms with Crippen LogP contribution in [-0.4, -0.2) is 34.6 Å². The lowest BCUT2D eigenvalue weighted by atomic mass is 10.1. The van der Waals surface area contributed by atoms with Gasteiger partial charge in [0.05, 0.1) is 0 Å². The van der Waals surface area contributed by atoms with Crippen molar-refractivity contribution in [3.8, 4) is 0 Å². The molecular formula is C14H14BrN3O2. The highest BCUT2D eigenvalue weighted by atomic mass is 79.9. The van der Waals surface area contributed by atoms with Gasteiger partial charge in [-0.2, -0.15) is 0 Å². The summed E-state index contributed by atoms with van der Waals surface area (Å²) < 4.78 is 1.04. The molecule has 0 saturated heterocycles. The Bertz CT molecular complexity index is 602. The molecule has 1 aromatic heterocycles. The van der Waals surface area contributed by atoms with Crippen LogP contribution in [0.15, 0.2) is 41.3 Å². The Morgan fingerprint density at radius 3 is 2.70 bits per heavy atom. The van der Waals surface area contributed by atoms with Crippen LogP contribution in [0, 0.1) is 0 Å². The van der Waals surface area contributed by atoms with Crippen LogP contribution in [0.1, 0.15) is 15.9 Å². The molecule has 1 heterocycles. The second-order valence-electron chi connectivity index (χ2n) is 4.36. The normalized spacial score (nSPS) is 10.3. The van der Waals surface area contributed by atoms with Crippen LogP contribution < -0.4 is 4.90 Å². The van der Waals surface area contributed by atoms with Gasteiger partial charge in [0.15, 0.2) is 0 Å². The lowest BCUT2D eigenvalue weighted by Gasteiger charge is -2.19. The van der Waals surface area contributed by atoms with Crippen LogP contribution in [-0.2, 0) is 6.42 Å². The van der Waals surface area contributed by atoms with Crippen LogP contribution in [0.4, 0.5) is 5.82 Å². The molecule has 0 aliphatic carbocycles. The van der Waals surface area contributed by atoms with Gasteiger partial charge in [-0.15, -0.1) is 0 Å². The van der Waals surface area contributed by atoms with E-state index in [1.165, 1.54) is 18.1 Å². The van der Waals surface area contributed by atoms with Gasteiger partial charge in [0.2, 0.25) is 0 Å². The SMILES string of the molecule is CN(CCc1ccc(Br)cc1)c1ncncc1C(=O)O. The molecule has 0 unspecified atom stereocenters. The van der Waals surface area contributed by atoms with Crippen LogP contribution in [0.5, 0.6) is 0 Å². The van der Waals surface area contributed by atoms with Gasteiger partial charge < -0.3 is 10.0 Å². The molecule has 0 radical (unpaired) electrons. The highest BCUT2D eigenvalue weighted by molar-refractivity contribution is 9.10. The fourth-order valence-electron chi connectivity index (χ4n) is 1.83. The van der Waals surface area contributed by atoms with E-state index in [1.807, 2.05) is 36.2 Å². The van der Waals surface area contributed by atoms with Gasteiger partial charge in [-0.3, -0.25) is 0 Å². The lowest BCUT2D eigenvalue weighted by molar-refractivity contribution is 0.0696. The monoisotopic (exact) mass is 335 g/mol. The first kappa shape index (κ1) is 14.5. The Balaban J connectivity index is 2.07. The Kier molecular flexibility index (Phi) is 4.68. The van der Waals surface area contributed by atoms with E-state index in [1.54, 1.807) is 0 Å². The molecular weight excluding hydrogens is 322 g/mol. The number of aromatic carboxylic acids is 1. The molecule has 20 heavy (non-hydrogen) atoms. The zero-order valence-corrected chi connectivity index (χ0v) is 12.5. The standard InChI is InChI=1S/C14H14BrN3O2/c1-18(7-6-10-2-4-11(15)5-3-10)13-12(14(19)20)8-16-9-17-13/h2-5,8-9H,6-7H2,1H3,(H,19,20). The van der Waals surface area contributed by atoms with Gasteiger partial charge in [0.1, 0.15) is 17.7 Å². The first-order valence-electron chi connectivity index (χ1n) is 6.07. The number of carbonyl (C=O) groups is 1. The van der Waals surface area contributed by atoms with Crippen molar-refractivity contribution >= 4 is 27.7 Å². The summed E-state index contributed by atoms with van der Waals surface area (Å²) in [6.07, 6.45) is 3.49. The Morgan fingerprint density at radius 2 is 2.05 bits per heavy atom. The molecule has 2 aromatic rings. The van der Waals surface area contributed by atoms with Gasteiger partial charge in [-0.05, 0) is 24.1 Å². The molecule has 1 aromatic carbocycles. The summed E-state index contributed by atoms with van der Waals surface area (Å²) in [5, 5.41) is 9.12. The number of carboxylic acid groups (broad SMARTS) is 1. The summed E-state index contributed by atoms with van der Waals surface area (Å²) in [4.78, 5) is 20.8. The van der Waals surface area contributed by atoms with Gasteiger partial charge >= 0.3 is 5.97 Å². The first-order valence-corrected chi connectivity index (χ1v) is 6.86. The number of hydrogen-bond donors (Lipinski definition) is 1. The molecule has 0 atom stereocenters. The Hall–Kier alpha value is -1.95. The second-order valence-corrected chi connectivity index (χ2v) is 5.28. The summed E-state index contributed by atoms with van der Waals surface area (Å²) in [5.74, 6) is -0.583. The predicted molar refractivity (Wildman–Crippen MR) is 80.1 cm³/mol. The van der Waals surface area contributed by atoms with E-state index in [9.17, 15) is 4.79 Å². The molecule has 0 saturated carbocycles. The minimum absolute atomic E-state index is 0.116. The van der Waals surface area contributed by atoms with Crippen molar-refractivity contribution in [2.24, 2.45) is 0 Å². The maximum absolute atomic E-state index is 11.1. The molecule has 6 heteroatoms. The minimum Gasteiger partial charge on any atom is -0.477 e. The van der Waals surface area contributed by atoms with Gasteiger partial charge in [0.25, 0.3) is 0 Å². The quantitative estimate of drug-likeness (QED) is 0.909. The van der Waals surface area contributed by atoms with Crippen molar-refractivity contribution in [2.45, 2.75) is 6.42 Å². The number of anilines is 1. The van der Waals surface area contributed by atoms with Crippen LogP contribution in [0.2, 0.25) is 0 Å². The number of rotatable bonds is 5. The average Bonchev–Trinajstić information content (AvgIpc) is 2.46. The van der Waals surface area contributed by atoms with Crippen molar-refractivity contribution in [1.82, 2.24) is 9.97 Å². The number of benzene rings is 1. The third kappa shape index (κ3) is 3.54. The fourth-order valence-corrected chi connectivity index (χ4v) is 2.10. The smallest absolute Gasteiger partial charge is 0.341 e. The predicted octanol–water partition coefficient (Wildman–Crippen LogP) is 2.62. The van der Waals surface area contributed by atoms with E-state index >= 15 is 0 Å². The molecule has 1 N–H and O–H groups in total. The Labute approximate surface area is 125 Å². The number of aromatic nitrogens is 2. The summed E-state index contributed by atoms with van der Waals surface area (Å²) >= 11 is 3.40. The van der Waals surface area contributed by atoms with Crippen molar-refractivity contribution < 1.29 is 9.90 Å². The van der Waals surface area contributed by atoms with E-state index in [-0.39, 0.29) is 5.56 Å². The number of carboxylic acids is 1. The Morgan fingerprint density at radius 1 is 1.35 bits per heavy atom. The zero-order chi connectivity index (χ0) is 14.5. The summed E-state index contributed by atoms with van der Waals surface area (Å²) in [6, 6.07) is 8.05. The number of nitrogens with zero attached hydrogens (tertiary/aromatic N) is 3. The topological polar surface area (TPSA) is 66.3 Å². The van der Waals surface area contributed by atoms with Crippen LogP contribution >= 0.6 is 15.9 Å². The fraction of sp³-hybridized carbons (Fsp3) is 0.214. The number of likely N-dealkylation sites (N-methyl/N-ethyl adjacent to an activating group) is 1. The average molecular weight is 336 g/mol. The maximum Gasteiger partial charge on any atom is 0.341 e. The number of hydrogen-bond acceptors (Lipinski definition) is 4. The highest BCUT2D eigenvalue weighted by Gasteiger charge is 2.14. The van der Waals surface area contributed by atoms with E-state index in [2.05, 4.69) is 25.9 Å². The number of halogens is 1. The third-order valence-corrected chi connectivity index (χ3v) is 3.46. The largest absolute Gasteiger partial charge is 0.477 e. The van der Waals surface area contributed by atoms with Crippen molar-refractivity contribution in [2.75, 3.05) is 18.5 Å². The molecule has 0 aliphatic heterocycles. The van der Waals surface area contributed by atoms with Crippen molar-refractivity contribution in [1.29, 1.82) is 0 Å². The van der Waals surface area contributed by atoms with E-state index in [0.717, 1.165) is 10.9 Å². The molecule has 0 bridgehead atoms. The van der Waals surface area contributed by atoms with Crippen LogP contribution in [0.3, 0.4) is 0 Å². The van der Waals surface area contributed by atoms with Gasteiger partial charge in [-0.1, -0.05) is 28.1 Å². The van der Waals surface area contributed by atoms with Gasteiger partial charge in [0, 0.05) is 24.3 Å². The highest BCUT2D eigenvalue weighted by Crippen LogP contribution is 2.16. The summed E-state index contributed by atoms with van der Waals surface area (Å²) in [6.45, 7) is 0.679. The molecule has 0 amide bonds. The van der Waals surface area contributed by atoms with Crippen molar-refractivity contribution in [3.63, 3.8) is 0 Å². The summed E-state index contributed by atoms with van der Waals surface area (Å²) in [7, 11) is 1.83. The molecule has 2 rings (SSSR count). The molecule has 5 nitrogen and oxygen atoms in total. The summed E-state index contributed by atoms with van der Waals surface area (Å²) in [5.41, 5.74) is 1.30. The molecule has 0 aliphatic rings. The van der Waals surface area contributed by atoms with Crippen LogP contribution in [0.25, 0.3) is 0 Å². The van der Waals surface area contributed by atoms with Crippen molar-refractivity contribution in [3.05, 3.63) is 52.4 Å². The maximum atomic E-state index is 11.1. The second kappa shape index (κ2) is 6.47. The van der Waals surface area contributed by atoms with Gasteiger partial charge in [-0.25, -0.2) is 14.8 Å². The lowest BCUT2D eigenvalue weighted by Crippen LogP contribution is -2.24. The molecule has 0 fully saturated rings. The first-order chi connectivity index (χ1) is 9.58. The van der Waals surface area contributed by atoms with E-state index in [4.69, 9.17) is 5.11 Å². The third-order valence-electron chi connectivity index (χ3n) is 2.93. The van der Waals surface area contributed by atoms with E-state index < -0.39 is 5.97 Å². The molecule has 104 valence electrons. The van der Waals surface area contributed by atoms with E-state index in [0.29, 0.717) is 12.4 Å². The molecule has 0 spiro atoms. The minimum atomic E-state index is -1.02.